The van der Waals surface area contributed by atoms with E-state index in [0.717, 1.165) is 73.5 Å². The standard InChI is InChI=1S/C37H46ClN5O4/c1-24(2)47-33-20-31-27(18-32(33)46-5)19-35(44)43(37(31)26-8-10-28(38)11-9-26)30-14-15-34(39-21-30)41(4)22-25-6-12-29(13-7-25)42-17-16-40(3)36(45)23-42/h8-11,14-15,18,20-21,24-25,29,37H,6-7,12-13,16-17,19,22-23H2,1-5H3/t25?,29?,37-/m0/s1. The van der Waals surface area contributed by atoms with Gasteiger partial charge in [0.15, 0.2) is 11.5 Å². The van der Waals surface area contributed by atoms with Gasteiger partial charge >= 0.3 is 0 Å². The largest absolute Gasteiger partial charge is 0.493 e. The first-order valence-corrected chi connectivity index (χ1v) is 17.1. The number of likely N-dealkylation sites (N-methyl/N-ethyl adjacent to an activating group) is 1. The van der Waals surface area contributed by atoms with Crippen LogP contribution < -0.4 is 19.3 Å². The molecule has 47 heavy (non-hydrogen) atoms. The Hall–Kier alpha value is -3.82. The molecule has 3 heterocycles. The molecule has 1 aromatic heterocycles. The van der Waals surface area contributed by atoms with Crippen molar-refractivity contribution in [2.45, 2.75) is 64.1 Å². The van der Waals surface area contributed by atoms with Crippen LogP contribution in [0.3, 0.4) is 0 Å². The van der Waals surface area contributed by atoms with Crippen LogP contribution in [0.5, 0.6) is 11.5 Å². The fraction of sp³-hybridized carbons (Fsp3) is 0.486. The van der Waals surface area contributed by atoms with Gasteiger partial charge < -0.3 is 19.3 Å². The van der Waals surface area contributed by atoms with Gasteiger partial charge in [-0.05, 0) is 98.5 Å². The minimum absolute atomic E-state index is 0.0151. The van der Waals surface area contributed by atoms with Crippen LogP contribution in [0.15, 0.2) is 54.7 Å². The predicted octanol–water partition coefficient (Wildman–Crippen LogP) is 5.98. The Bertz CT molecular complexity index is 1570. The second-order valence-electron chi connectivity index (χ2n) is 13.5. The Morgan fingerprint density at radius 3 is 2.36 bits per heavy atom. The molecule has 0 spiro atoms. The number of piperazine rings is 1. The topological polar surface area (TPSA) is 78.5 Å². The summed E-state index contributed by atoms with van der Waals surface area (Å²) in [6.07, 6.45) is 6.56. The number of benzene rings is 2. The summed E-state index contributed by atoms with van der Waals surface area (Å²) in [7, 11) is 5.61. The Morgan fingerprint density at radius 1 is 0.979 bits per heavy atom. The number of nitrogens with zero attached hydrogens (tertiary/aromatic N) is 5. The normalized spacial score (nSPS) is 22.0. The highest BCUT2D eigenvalue weighted by atomic mass is 35.5. The van der Waals surface area contributed by atoms with Gasteiger partial charge in [0, 0.05) is 44.8 Å². The van der Waals surface area contributed by atoms with Gasteiger partial charge in [0.1, 0.15) is 5.82 Å². The van der Waals surface area contributed by atoms with E-state index in [1.54, 1.807) is 7.11 Å². The molecule has 9 nitrogen and oxygen atoms in total. The number of halogens is 1. The van der Waals surface area contributed by atoms with Crippen LogP contribution in [0.25, 0.3) is 0 Å². The first kappa shape index (κ1) is 33.1. The van der Waals surface area contributed by atoms with Crippen molar-refractivity contribution in [3.05, 3.63) is 76.4 Å². The molecular weight excluding hydrogens is 614 g/mol. The van der Waals surface area contributed by atoms with Gasteiger partial charge in [-0.25, -0.2) is 4.98 Å². The van der Waals surface area contributed by atoms with Crippen LogP contribution in [0.1, 0.15) is 62.3 Å². The number of hydrogen-bond acceptors (Lipinski definition) is 7. The van der Waals surface area contributed by atoms with Gasteiger partial charge in [-0.15, -0.1) is 0 Å². The number of carbonyl (C=O) groups is 2. The molecule has 2 aromatic carbocycles. The zero-order chi connectivity index (χ0) is 33.2. The number of rotatable bonds is 9. The first-order valence-electron chi connectivity index (χ1n) is 16.7. The van der Waals surface area contributed by atoms with E-state index in [0.29, 0.717) is 35.0 Å². The van der Waals surface area contributed by atoms with Crippen molar-refractivity contribution in [3.8, 4) is 11.5 Å². The molecule has 2 amide bonds. The second kappa shape index (κ2) is 14.1. The minimum Gasteiger partial charge on any atom is -0.493 e. The van der Waals surface area contributed by atoms with Gasteiger partial charge in [-0.3, -0.25) is 19.4 Å². The number of aromatic nitrogens is 1. The lowest BCUT2D eigenvalue weighted by molar-refractivity contribution is -0.135. The summed E-state index contributed by atoms with van der Waals surface area (Å²) in [4.78, 5) is 39.3. The highest BCUT2D eigenvalue weighted by Gasteiger charge is 2.37. The van der Waals surface area contributed by atoms with Crippen molar-refractivity contribution < 1.29 is 19.1 Å². The number of anilines is 2. The predicted molar refractivity (Wildman–Crippen MR) is 186 cm³/mol. The average Bonchev–Trinajstić information content (AvgIpc) is 3.06. The van der Waals surface area contributed by atoms with E-state index in [9.17, 15) is 9.59 Å². The molecule has 1 atom stereocenters. The number of pyridine rings is 1. The van der Waals surface area contributed by atoms with Gasteiger partial charge in [0.2, 0.25) is 11.8 Å². The van der Waals surface area contributed by atoms with E-state index in [-0.39, 0.29) is 30.4 Å². The lowest BCUT2D eigenvalue weighted by Gasteiger charge is -2.41. The van der Waals surface area contributed by atoms with Crippen molar-refractivity contribution in [3.63, 3.8) is 0 Å². The maximum absolute atomic E-state index is 13.9. The Kier molecular flexibility index (Phi) is 9.94. The SMILES string of the molecule is COc1cc2c(cc1OC(C)C)[C@H](c1ccc(Cl)cc1)N(c1ccc(N(C)CC3CCC(N4CCN(C)C(=O)C4)CC3)nc1)C(=O)C2. The molecule has 0 bridgehead atoms. The molecule has 3 aromatic rings. The van der Waals surface area contributed by atoms with Crippen LogP contribution in [-0.2, 0) is 16.0 Å². The molecule has 0 radical (unpaired) electrons. The van der Waals surface area contributed by atoms with Crippen molar-refractivity contribution in [2.24, 2.45) is 5.92 Å². The number of fused-ring (bicyclic) bond motifs is 1. The van der Waals surface area contributed by atoms with Crippen molar-refractivity contribution in [1.82, 2.24) is 14.8 Å². The molecular formula is C37H46ClN5O4. The first-order chi connectivity index (χ1) is 22.6. The molecule has 3 aliphatic rings. The van der Waals surface area contributed by atoms with Crippen molar-refractivity contribution in [2.75, 3.05) is 57.2 Å². The number of hydrogen-bond donors (Lipinski definition) is 0. The van der Waals surface area contributed by atoms with Gasteiger partial charge in [-0.2, -0.15) is 0 Å². The summed E-state index contributed by atoms with van der Waals surface area (Å²) in [6.45, 7) is 7.23. The van der Waals surface area contributed by atoms with E-state index < -0.39 is 0 Å². The molecule has 2 fully saturated rings. The van der Waals surface area contributed by atoms with E-state index >= 15 is 0 Å². The quantitative estimate of drug-likeness (QED) is 0.280. The molecule has 10 heteroatoms. The monoisotopic (exact) mass is 659 g/mol. The number of carbonyl (C=O) groups excluding carboxylic acids is 2. The zero-order valence-electron chi connectivity index (χ0n) is 28.1. The van der Waals surface area contributed by atoms with E-state index in [1.807, 2.05) is 85.4 Å². The van der Waals surface area contributed by atoms with Gasteiger partial charge in [-0.1, -0.05) is 23.7 Å². The summed E-state index contributed by atoms with van der Waals surface area (Å²) >= 11 is 6.28. The van der Waals surface area contributed by atoms with Gasteiger partial charge in [0.25, 0.3) is 0 Å². The Balaban J connectivity index is 1.19. The van der Waals surface area contributed by atoms with Crippen molar-refractivity contribution in [1.29, 1.82) is 0 Å². The molecule has 1 saturated heterocycles. The number of ether oxygens (including phenoxy) is 2. The van der Waals surface area contributed by atoms with Crippen LogP contribution >= 0.6 is 11.6 Å². The molecule has 0 N–H and O–H groups in total. The number of methoxy groups -OCH3 is 1. The summed E-state index contributed by atoms with van der Waals surface area (Å²) in [5.74, 6) is 2.94. The molecule has 1 saturated carbocycles. The fourth-order valence-electron chi connectivity index (χ4n) is 7.34. The highest BCUT2D eigenvalue weighted by molar-refractivity contribution is 6.30. The molecule has 2 aliphatic heterocycles. The van der Waals surface area contributed by atoms with E-state index in [4.69, 9.17) is 26.1 Å². The maximum atomic E-state index is 13.9. The second-order valence-corrected chi connectivity index (χ2v) is 13.9. The van der Waals surface area contributed by atoms with Crippen LogP contribution in [-0.4, -0.2) is 86.1 Å². The Morgan fingerprint density at radius 2 is 1.72 bits per heavy atom. The third kappa shape index (κ3) is 7.21. The fourth-order valence-corrected chi connectivity index (χ4v) is 7.46. The van der Waals surface area contributed by atoms with E-state index in [2.05, 4.69) is 16.8 Å². The minimum atomic E-state index is -0.389. The summed E-state index contributed by atoms with van der Waals surface area (Å²) < 4.78 is 11.8. The summed E-state index contributed by atoms with van der Waals surface area (Å²) in [5, 5.41) is 0.637. The third-order valence-electron chi connectivity index (χ3n) is 9.89. The molecule has 6 rings (SSSR count). The number of amides is 2. The maximum Gasteiger partial charge on any atom is 0.236 e. The summed E-state index contributed by atoms with van der Waals surface area (Å²) in [5.41, 5.74) is 3.59. The average molecular weight is 660 g/mol. The third-order valence-corrected chi connectivity index (χ3v) is 10.1. The lowest BCUT2D eigenvalue weighted by atomic mass is 9.84. The Labute approximate surface area is 283 Å². The zero-order valence-corrected chi connectivity index (χ0v) is 28.9. The molecule has 0 unspecified atom stereocenters. The highest BCUT2D eigenvalue weighted by Crippen LogP contribution is 2.44. The molecule has 1 aliphatic carbocycles. The summed E-state index contributed by atoms with van der Waals surface area (Å²) in [6, 6.07) is 15.7. The van der Waals surface area contributed by atoms with Crippen LogP contribution in [0, 0.1) is 5.92 Å². The molecule has 250 valence electrons. The van der Waals surface area contributed by atoms with Crippen LogP contribution in [0.4, 0.5) is 11.5 Å². The van der Waals surface area contributed by atoms with Crippen LogP contribution in [0.2, 0.25) is 5.02 Å². The smallest absolute Gasteiger partial charge is 0.236 e. The van der Waals surface area contributed by atoms with Crippen molar-refractivity contribution >= 4 is 34.9 Å². The van der Waals surface area contributed by atoms with Gasteiger partial charge in [0.05, 0.1) is 44.1 Å². The van der Waals surface area contributed by atoms with E-state index in [1.165, 1.54) is 0 Å². The lowest BCUT2D eigenvalue weighted by Crippen LogP contribution is -2.53.